The van der Waals surface area contributed by atoms with Crippen LogP contribution >= 0.6 is 22.9 Å². The van der Waals surface area contributed by atoms with Crippen LogP contribution in [0.4, 0.5) is 5.13 Å². The van der Waals surface area contributed by atoms with Crippen molar-refractivity contribution in [3.05, 3.63) is 39.9 Å². The van der Waals surface area contributed by atoms with E-state index in [1.54, 1.807) is 17.5 Å². The van der Waals surface area contributed by atoms with Gasteiger partial charge in [-0.05, 0) is 18.2 Å². The molecule has 21 heavy (non-hydrogen) atoms. The first-order chi connectivity index (χ1) is 9.99. The molecule has 1 aromatic heterocycles. The summed E-state index contributed by atoms with van der Waals surface area (Å²) in [6.07, 6.45) is -0.188. The van der Waals surface area contributed by atoms with E-state index < -0.39 is 11.9 Å². The van der Waals surface area contributed by atoms with Crippen LogP contribution in [0.2, 0.25) is 5.02 Å². The topological polar surface area (TPSA) is 88.5 Å². The van der Waals surface area contributed by atoms with E-state index in [1.807, 2.05) is 0 Å². The minimum absolute atomic E-state index is 0.188. The van der Waals surface area contributed by atoms with E-state index >= 15 is 0 Å². The standard InChI is InChI=1S/C13H11ClN2O4S/c1-20-10-3-2-7(14)4-9(10)12(19)16-13-15-8(6-21-13)5-11(17)18/h2-4,6H,5H2,1H3,(H,17,18)(H,15,16,19). The number of benzene rings is 1. The molecule has 2 rings (SSSR count). The largest absolute Gasteiger partial charge is 0.496 e. The van der Waals surface area contributed by atoms with Crippen LogP contribution < -0.4 is 10.1 Å². The molecule has 1 aromatic carbocycles. The third kappa shape index (κ3) is 3.93. The normalized spacial score (nSPS) is 10.2. The van der Waals surface area contributed by atoms with E-state index in [9.17, 15) is 9.59 Å². The Kier molecular flexibility index (Phi) is 4.77. The SMILES string of the molecule is COc1ccc(Cl)cc1C(=O)Nc1nc(CC(=O)O)cs1. The van der Waals surface area contributed by atoms with Gasteiger partial charge in [0.2, 0.25) is 0 Å². The Morgan fingerprint density at radius 1 is 1.48 bits per heavy atom. The van der Waals surface area contributed by atoms with Gasteiger partial charge < -0.3 is 9.84 Å². The summed E-state index contributed by atoms with van der Waals surface area (Å²) in [4.78, 5) is 26.8. The van der Waals surface area contributed by atoms with Crippen LogP contribution in [0, 0.1) is 0 Å². The molecule has 0 fully saturated rings. The van der Waals surface area contributed by atoms with Gasteiger partial charge in [-0.3, -0.25) is 14.9 Å². The molecular formula is C13H11ClN2O4S. The van der Waals surface area contributed by atoms with E-state index in [-0.39, 0.29) is 12.0 Å². The molecule has 110 valence electrons. The predicted octanol–water partition coefficient (Wildman–Crippen LogP) is 2.68. The zero-order valence-corrected chi connectivity index (χ0v) is 12.5. The molecule has 0 saturated carbocycles. The van der Waals surface area contributed by atoms with Gasteiger partial charge in [-0.15, -0.1) is 11.3 Å². The van der Waals surface area contributed by atoms with Crippen molar-refractivity contribution in [2.45, 2.75) is 6.42 Å². The van der Waals surface area contributed by atoms with E-state index in [1.165, 1.54) is 13.2 Å². The number of hydrogen-bond donors (Lipinski definition) is 2. The third-order valence-corrected chi connectivity index (χ3v) is 3.55. The van der Waals surface area contributed by atoms with Crippen molar-refractivity contribution in [1.29, 1.82) is 0 Å². The number of carboxylic acids is 1. The Bertz CT molecular complexity index is 687. The lowest BCUT2D eigenvalue weighted by Crippen LogP contribution is -2.13. The number of amides is 1. The van der Waals surface area contributed by atoms with Crippen LogP contribution in [0.1, 0.15) is 16.1 Å². The molecule has 2 N–H and O–H groups in total. The van der Waals surface area contributed by atoms with E-state index in [2.05, 4.69) is 10.3 Å². The predicted molar refractivity (Wildman–Crippen MR) is 79.4 cm³/mol. The Morgan fingerprint density at radius 2 is 2.24 bits per heavy atom. The highest BCUT2D eigenvalue weighted by Gasteiger charge is 2.15. The van der Waals surface area contributed by atoms with Crippen molar-refractivity contribution in [3.63, 3.8) is 0 Å². The van der Waals surface area contributed by atoms with Crippen LogP contribution in [0.15, 0.2) is 23.6 Å². The van der Waals surface area contributed by atoms with Gasteiger partial charge >= 0.3 is 5.97 Å². The molecule has 0 saturated heterocycles. The highest BCUT2D eigenvalue weighted by Crippen LogP contribution is 2.24. The fourth-order valence-electron chi connectivity index (χ4n) is 1.62. The number of aliphatic carboxylic acids is 1. The number of thiazole rings is 1. The lowest BCUT2D eigenvalue weighted by Gasteiger charge is -2.08. The van der Waals surface area contributed by atoms with Crippen LogP contribution in [0.5, 0.6) is 5.75 Å². The van der Waals surface area contributed by atoms with E-state index in [0.29, 0.717) is 21.6 Å². The molecule has 1 heterocycles. The number of carbonyl (C=O) groups is 2. The molecule has 0 aliphatic rings. The van der Waals surface area contributed by atoms with Crippen molar-refractivity contribution in [2.24, 2.45) is 0 Å². The summed E-state index contributed by atoms with van der Waals surface area (Å²) in [5.74, 6) is -1.01. The molecule has 0 radical (unpaired) electrons. The minimum atomic E-state index is -0.977. The molecule has 0 aliphatic heterocycles. The Labute approximate surface area is 129 Å². The zero-order chi connectivity index (χ0) is 15.4. The number of halogens is 1. The molecule has 0 aliphatic carbocycles. The van der Waals surface area contributed by atoms with Gasteiger partial charge in [0.15, 0.2) is 5.13 Å². The zero-order valence-electron chi connectivity index (χ0n) is 10.9. The molecule has 6 nitrogen and oxygen atoms in total. The quantitative estimate of drug-likeness (QED) is 0.881. The molecule has 2 aromatic rings. The maximum atomic E-state index is 12.2. The lowest BCUT2D eigenvalue weighted by atomic mass is 10.2. The summed E-state index contributed by atoms with van der Waals surface area (Å²) in [6.45, 7) is 0. The molecule has 0 atom stereocenters. The summed E-state index contributed by atoms with van der Waals surface area (Å²) in [7, 11) is 1.45. The first-order valence-corrected chi connectivity index (χ1v) is 7.06. The summed E-state index contributed by atoms with van der Waals surface area (Å²) < 4.78 is 5.10. The number of carboxylic acid groups (broad SMARTS) is 1. The van der Waals surface area contributed by atoms with Crippen molar-refractivity contribution >= 4 is 39.9 Å². The number of ether oxygens (including phenoxy) is 1. The second kappa shape index (κ2) is 6.55. The monoisotopic (exact) mass is 326 g/mol. The molecular weight excluding hydrogens is 316 g/mol. The lowest BCUT2D eigenvalue weighted by molar-refractivity contribution is -0.136. The highest BCUT2D eigenvalue weighted by molar-refractivity contribution is 7.14. The van der Waals surface area contributed by atoms with Crippen LogP contribution in [0.3, 0.4) is 0 Å². The van der Waals surface area contributed by atoms with Gasteiger partial charge in [0, 0.05) is 10.4 Å². The Balaban J connectivity index is 2.16. The van der Waals surface area contributed by atoms with Crippen LogP contribution in [-0.4, -0.2) is 29.1 Å². The van der Waals surface area contributed by atoms with Gasteiger partial charge in [-0.1, -0.05) is 11.6 Å². The number of rotatable bonds is 5. The number of hydrogen-bond acceptors (Lipinski definition) is 5. The van der Waals surface area contributed by atoms with Gasteiger partial charge in [0.25, 0.3) is 5.91 Å². The fourth-order valence-corrected chi connectivity index (χ4v) is 2.50. The molecule has 0 bridgehead atoms. The molecule has 1 amide bonds. The van der Waals surface area contributed by atoms with Crippen LogP contribution in [-0.2, 0) is 11.2 Å². The second-order valence-electron chi connectivity index (χ2n) is 4.01. The number of carbonyl (C=O) groups excluding carboxylic acids is 1. The average molecular weight is 327 g/mol. The van der Waals surface area contributed by atoms with Crippen molar-refractivity contribution < 1.29 is 19.4 Å². The van der Waals surface area contributed by atoms with Crippen molar-refractivity contribution in [2.75, 3.05) is 12.4 Å². The van der Waals surface area contributed by atoms with E-state index in [4.69, 9.17) is 21.4 Å². The first kappa shape index (κ1) is 15.3. The number of methoxy groups -OCH3 is 1. The highest BCUT2D eigenvalue weighted by atomic mass is 35.5. The van der Waals surface area contributed by atoms with Crippen molar-refractivity contribution in [3.8, 4) is 5.75 Å². The summed E-state index contributed by atoms with van der Waals surface area (Å²) in [5.41, 5.74) is 0.667. The fraction of sp³-hybridized carbons (Fsp3) is 0.154. The number of nitrogens with zero attached hydrogens (tertiary/aromatic N) is 1. The number of anilines is 1. The van der Waals surface area contributed by atoms with E-state index in [0.717, 1.165) is 11.3 Å². The van der Waals surface area contributed by atoms with Gasteiger partial charge in [0.1, 0.15) is 5.75 Å². The minimum Gasteiger partial charge on any atom is -0.496 e. The van der Waals surface area contributed by atoms with Gasteiger partial charge in [-0.25, -0.2) is 4.98 Å². The molecule has 0 unspecified atom stereocenters. The maximum absolute atomic E-state index is 12.2. The van der Waals surface area contributed by atoms with Crippen LogP contribution in [0.25, 0.3) is 0 Å². The second-order valence-corrected chi connectivity index (χ2v) is 5.31. The first-order valence-electron chi connectivity index (χ1n) is 5.80. The van der Waals surface area contributed by atoms with Crippen molar-refractivity contribution in [1.82, 2.24) is 4.98 Å². The average Bonchev–Trinajstić information content (AvgIpc) is 2.85. The molecule has 0 spiro atoms. The third-order valence-electron chi connectivity index (χ3n) is 2.51. The Morgan fingerprint density at radius 3 is 2.90 bits per heavy atom. The van der Waals surface area contributed by atoms with Gasteiger partial charge in [0.05, 0.1) is 24.8 Å². The maximum Gasteiger partial charge on any atom is 0.309 e. The summed E-state index contributed by atoms with van der Waals surface area (Å²) >= 11 is 7.02. The Hall–Kier alpha value is -2.12. The molecule has 8 heteroatoms. The summed E-state index contributed by atoms with van der Waals surface area (Å²) in [6, 6.07) is 4.70. The number of nitrogens with one attached hydrogen (secondary N) is 1. The number of aromatic nitrogens is 1. The smallest absolute Gasteiger partial charge is 0.309 e. The van der Waals surface area contributed by atoms with Gasteiger partial charge in [-0.2, -0.15) is 0 Å². The summed E-state index contributed by atoms with van der Waals surface area (Å²) in [5, 5.41) is 13.6.